The van der Waals surface area contributed by atoms with Gasteiger partial charge in [0, 0.05) is 16.7 Å². The Hall–Kier alpha value is -1.00. The van der Waals surface area contributed by atoms with E-state index in [9.17, 15) is 0 Å². The van der Waals surface area contributed by atoms with Crippen molar-refractivity contribution in [3.63, 3.8) is 0 Å². The number of thiol groups is 1. The number of hydrogen-bond acceptors (Lipinski definition) is 4. The predicted octanol–water partition coefficient (Wildman–Crippen LogP) is 3.95. The van der Waals surface area contributed by atoms with E-state index < -0.39 is 0 Å². The third-order valence-corrected chi connectivity index (χ3v) is 3.70. The van der Waals surface area contributed by atoms with E-state index in [1.54, 1.807) is 11.3 Å². The summed E-state index contributed by atoms with van der Waals surface area (Å²) >= 11 is 5.88. The van der Waals surface area contributed by atoms with Gasteiger partial charge >= 0.3 is 0 Å². The molecule has 0 aliphatic heterocycles. The summed E-state index contributed by atoms with van der Waals surface area (Å²) in [5.41, 5.74) is 3.32. The van der Waals surface area contributed by atoms with Crippen LogP contribution in [0, 0.1) is 6.92 Å². The summed E-state index contributed by atoms with van der Waals surface area (Å²) in [7, 11) is 0. The van der Waals surface area contributed by atoms with Gasteiger partial charge in [-0.3, -0.25) is 0 Å². The molecule has 0 aliphatic carbocycles. The Labute approximate surface area is 111 Å². The fourth-order valence-electron chi connectivity index (χ4n) is 1.61. The molecule has 0 atom stereocenters. The van der Waals surface area contributed by atoms with E-state index >= 15 is 0 Å². The molecule has 0 amide bonds. The minimum Gasteiger partial charge on any atom is -0.494 e. The van der Waals surface area contributed by atoms with E-state index in [0.29, 0.717) is 12.4 Å². The van der Waals surface area contributed by atoms with Gasteiger partial charge in [-0.1, -0.05) is 0 Å². The van der Waals surface area contributed by atoms with Crippen LogP contribution in [0.25, 0.3) is 10.6 Å². The summed E-state index contributed by atoms with van der Waals surface area (Å²) in [6, 6.07) is 6.18. The van der Waals surface area contributed by atoms with Crippen molar-refractivity contribution in [2.24, 2.45) is 0 Å². The number of rotatable bonds is 4. The van der Waals surface area contributed by atoms with E-state index in [1.807, 2.05) is 18.4 Å². The van der Waals surface area contributed by atoms with Crippen molar-refractivity contribution < 1.29 is 4.74 Å². The zero-order valence-corrected chi connectivity index (χ0v) is 11.6. The number of hydrogen-bond donors (Lipinski definition) is 1. The van der Waals surface area contributed by atoms with Gasteiger partial charge in [-0.15, -0.1) is 11.3 Å². The first kappa shape index (κ1) is 12.5. The zero-order valence-electron chi connectivity index (χ0n) is 9.93. The lowest BCUT2D eigenvalue weighted by atomic mass is 10.1. The molecule has 1 aromatic heterocycles. The highest BCUT2D eigenvalue weighted by molar-refractivity contribution is 7.79. The van der Waals surface area contributed by atoms with Gasteiger partial charge in [0.1, 0.15) is 10.8 Å². The molecule has 4 heteroatoms. The Kier molecular flexibility index (Phi) is 4.07. The predicted molar refractivity (Wildman–Crippen MR) is 76.1 cm³/mol. The van der Waals surface area contributed by atoms with Gasteiger partial charge in [0.15, 0.2) is 0 Å². The maximum absolute atomic E-state index is 5.52. The van der Waals surface area contributed by atoms with Crippen LogP contribution in [0.2, 0.25) is 0 Å². The fourth-order valence-corrected chi connectivity index (χ4v) is 2.71. The van der Waals surface area contributed by atoms with Crippen LogP contribution in [-0.4, -0.2) is 11.6 Å². The number of aryl methyl sites for hydroxylation is 1. The van der Waals surface area contributed by atoms with Crippen molar-refractivity contribution in [1.29, 1.82) is 0 Å². The molecule has 0 unspecified atom stereocenters. The smallest absolute Gasteiger partial charge is 0.123 e. The highest BCUT2D eigenvalue weighted by Gasteiger charge is 2.06. The average Bonchev–Trinajstić information content (AvgIpc) is 2.80. The summed E-state index contributed by atoms with van der Waals surface area (Å²) in [4.78, 5) is 4.52. The van der Waals surface area contributed by atoms with Crippen LogP contribution in [0.4, 0.5) is 0 Å². The maximum Gasteiger partial charge on any atom is 0.123 e. The topological polar surface area (TPSA) is 22.1 Å². The Morgan fingerprint density at radius 2 is 2.24 bits per heavy atom. The molecule has 0 bridgehead atoms. The van der Waals surface area contributed by atoms with Gasteiger partial charge in [0.05, 0.1) is 12.3 Å². The van der Waals surface area contributed by atoms with Crippen LogP contribution in [-0.2, 0) is 5.75 Å². The molecule has 1 heterocycles. The van der Waals surface area contributed by atoms with Crippen LogP contribution in [0.3, 0.4) is 0 Å². The van der Waals surface area contributed by atoms with E-state index in [-0.39, 0.29) is 0 Å². The van der Waals surface area contributed by atoms with Gasteiger partial charge in [0.25, 0.3) is 0 Å². The van der Waals surface area contributed by atoms with E-state index in [2.05, 4.69) is 36.7 Å². The zero-order chi connectivity index (χ0) is 12.3. The van der Waals surface area contributed by atoms with E-state index in [1.165, 1.54) is 0 Å². The van der Waals surface area contributed by atoms with Gasteiger partial charge in [-0.2, -0.15) is 12.6 Å². The molecule has 0 aliphatic rings. The molecular formula is C13H15NOS2. The second kappa shape index (κ2) is 5.56. The normalized spacial score (nSPS) is 10.5. The van der Waals surface area contributed by atoms with Crippen molar-refractivity contribution in [1.82, 2.24) is 4.98 Å². The number of thiazole rings is 1. The molecular weight excluding hydrogens is 250 g/mol. The molecule has 0 saturated heterocycles. The second-order valence-electron chi connectivity index (χ2n) is 3.72. The number of aromatic nitrogens is 1. The third kappa shape index (κ3) is 2.82. The summed E-state index contributed by atoms with van der Waals surface area (Å²) in [6.45, 7) is 4.75. The molecule has 1 aromatic carbocycles. The lowest BCUT2D eigenvalue weighted by Gasteiger charge is -2.07. The monoisotopic (exact) mass is 265 g/mol. The Bertz CT molecular complexity index is 508. The second-order valence-corrected chi connectivity index (χ2v) is 4.89. The van der Waals surface area contributed by atoms with E-state index in [4.69, 9.17) is 4.74 Å². The molecule has 2 nitrogen and oxygen atoms in total. The van der Waals surface area contributed by atoms with Crippen molar-refractivity contribution in [2.45, 2.75) is 19.6 Å². The molecule has 0 saturated carbocycles. The molecule has 0 N–H and O–H groups in total. The molecule has 2 aromatic rings. The van der Waals surface area contributed by atoms with Gasteiger partial charge < -0.3 is 4.74 Å². The minimum absolute atomic E-state index is 0.687. The van der Waals surface area contributed by atoms with Crippen molar-refractivity contribution in [2.75, 3.05) is 6.61 Å². The lowest BCUT2D eigenvalue weighted by Crippen LogP contribution is -1.93. The first-order valence-electron chi connectivity index (χ1n) is 5.53. The quantitative estimate of drug-likeness (QED) is 0.846. The van der Waals surface area contributed by atoms with Crippen LogP contribution < -0.4 is 4.74 Å². The van der Waals surface area contributed by atoms with Gasteiger partial charge in [0.2, 0.25) is 0 Å². The van der Waals surface area contributed by atoms with Crippen molar-refractivity contribution in [3.05, 3.63) is 34.8 Å². The van der Waals surface area contributed by atoms with Crippen LogP contribution in [0.15, 0.2) is 23.6 Å². The first-order chi connectivity index (χ1) is 8.24. The minimum atomic E-state index is 0.687. The maximum atomic E-state index is 5.52. The van der Waals surface area contributed by atoms with Crippen molar-refractivity contribution in [3.8, 4) is 16.3 Å². The summed E-state index contributed by atoms with van der Waals surface area (Å²) in [5.74, 6) is 1.63. The Morgan fingerprint density at radius 1 is 1.41 bits per heavy atom. The van der Waals surface area contributed by atoms with E-state index in [0.717, 1.165) is 27.6 Å². The van der Waals surface area contributed by atoms with Gasteiger partial charge in [-0.05, 0) is 37.6 Å². The molecule has 90 valence electrons. The molecule has 2 rings (SSSR count). The third-order valence-electron chi connectivity index (χ3n) is 2.44. The number of benzene rings is 1. The lowest BCUT2D eigenvalue weighted by molar-refractivity contribution is 0.338. The standard InChI is InChI=1S/C13H15NOS2/c1-3-15-12-5-4-10(6-9(12)2)13-14-11(7-16)8-17-13/h4-6,8,16H,3,7H2,1-2H3. The van der Waals surface area contributed by atoms with Crippen LogP contribution in [0.1, 0.15) is 18.2 Å². The summed E-state index contributed by atoms with van der Waals surface area (Å²) in [5, 5.41) is 3.09. The molecule has 17 heavy (non-hydrogen) atoms. The molecule has 0 spiro atoms. The highest BCUT2D eigenvalue weighted by atomic mass is 32.1. The molecule has 0 radical (unpaired) electrons. The molecule has 0 fully saturated rings. The largest absolute Gasteiger partial charge is 0.494 e. The summed E-state index contributed by atoms with van der Waals surface area (Å²) in [6.07, 6.45) is 0. The van der Waals surface area contributed by atoms with Gasteiger partial charge in [-0.25, -0.2) is 4.98 Å². The number of ether oxygens (including phenoxy) is 1. The SMILES string of the molecule is CCOc1ccc(-c2nc(CS)cs2)cc1C. The average molecular weight is 265 g/mol. The Balaban J connectivity index is 2.30. The first-order valence-corrected chi connectivity index (χ1v) is 7.05. The number of nitrogens with zero attached hydrogens (tertiary/aromatic N) is 1. The fraction of sp³-hybridized carbons (Fsp3) is 0.308. The van der Waals surface area contributed by atoms with Crippen molar-refractivity contribution >= 4 is 24.0 Å². The Morgan fingerprint density at radius 3 is 2.82 bits per heavy atom. The summed E-state index contributed by atoms with van der Waals surface area (Å²) < 4.78 is 5.52. The van der Waals surface area contributed by atoms with Crippen LogP contribution >= 0.6 is 24.0 Å². The highest BCUT2D eigenvalue weighted by Crippen LogP contribution is 2.28. The van der Waals surface area contributed by atoms with Crippen LogP contribution in [0.5, 0.6) is 5.75 Å².